The maximum atomic E-state index is 12.6. The monoisotopic (exact) mass is 247 g/mol. The third-order valence-corrected chi connectivity index (χ3v) is 3.71. The van der Waals surface area contributed by atoms with Crippen molar-refractivity contribution in [2.24, 2.45) is 0 Å². The van der Waals surface area contributed by atoms with Crippen molar-refractivity contribution in [1.82, 2.24) is 4.90 Å². The molecular formula is C15H21NO2. The highest BCUT2D eigenvalue weighted by molar-refractivity contribution is 5.87. The van der Waals surface area contributed by atoms with Gasteiger partial charge in [0.1, 0.15) is 0 Å². The van der Waals surface area contributed by atoms with E-state index in [0.29, 0.717) is 6.54 Å². The van der Waals surface area contributed by atoms with E-state index in [2.05, 4.69) is 0 Å². The molecule has 18 heavy (non-hydrogen) atoms. The standard InChI is InChI=1S/C15H21NO2/c1-15(2,12-7-4-3-5-8-12)14(18)16-10-6-9-13(17)11-16/h3-5,7-8,13,17H,6,9-11H2,1-2H3/t13-/m0/s1. The number of likely N-dealkylation sites (tertiary alicyclic amines) is 1. The van der Waals surface area contributed by atoms with Crippen LogP contribution in [0.4, 0.5) is 0 Å². The van der Waals surface area contributed by atoms with Gasteiger partial charge in [0, 0.05) is 13.1 Å². The Hall–Kier alpha value is -1.35. The molecule has 1 aliphatic rings. The molecule has 1 aromatic rings. The fourth-order valence-electron chi connectivity index (χ4n) is 2.51. The van der Waals surface area contributed by atoms with E-state index >= 15 is 0 Å². The molecule has 1 aromatic carbocycles. The van der Waals surface area contributed by atoms with Crippen molar-refractivity contribution in [3.63, 3.8) is 0 Å². The minimum atomic E-state index is -0.529. The highest BCUT2D eigenvalue weighted by atomic mass is 16.3. The third-order valence-electron chi connectivity index (χ3n) is 3.71. The summed E-state index contributed by atoms with van der Waals surface area (Å²) < 4.78 is 0. The lowest BCUT2D eigenvalue weighted by Gasteiger charge is -2.36. The molecule has 0 saturated carbocycles. The van der Waals surface area contributed by atoms with Crippen molar-refractivity contribution >= 4 is 5.91 Å². The summed E-state index contributed by atoms with van der Waals surface area (Å²) in [5.74, 6) is 0.104. The minimum absolute atomic E-state index is 0.104. The van der Waals surface area contributed by atoms with Gasteiger partial charge in [-0.15, -0.1) is 0 Å². The summed E-state index contributed by atoms with van der Waals surface area (Å²) in [7, 11) is 0. The number of benzene rings is 1. The van der Waals surface area contributed by atoms with Crippen LogP contribution in [0, 0.1) is 0 Å². The highest BCUT2D eigenvalue weighted by Gasteiger charge is 2.35. The smallest absolute Gasteiger partial charge is 0.232 e. The lowest BCUT2D eigenvalue weighted by atomic mass is 9.82. The number of carbonyl (C=O) groups is 1. The number of β-amino-alcohol motifs (C(OH)–C–C–N with tert-alkyl or cyclic N) is 1. The van der Waals surface area contributed by atoms with Gasteiger partial charge in [-0.2, -0.15) is 0 Å². The number of amides is 1. The van der Waals surface area contributed by atoms with E-state index < -0.39 is 5.41 Å². The van der Waals surface area contributed by atoms with Crippen LogP contribution in [-0.4, -0.2) is 35.1 Å². The zero-order valence-corrected chi connectivity index (χ0v) is 11.1. The van der Waals surface area contributed by atoms with Crippen molar-refractivity contribution < 1.29 is 9.90 Å². The minimum Gasteiger partial charge on any atom is -0.391 e. The Morgan fingerprint density at radius 3 is 2.61 bits per heavy atom. The largest absolute Gasteiger partial charge is 0.391 e. The van der Waals surface area contributed by atoms with Crippen molar-refractivity contribution in [2.75, 3.05) is 13.1 Å². The lowest BCUT2D eigenvalue weighted by Crippen LogP contribution is -2.49. The number of piperidine rings is 1. The summed E-state index contributed by atoms with van der Waals surface area (Å²) in [6, 6.07) is 9.83. The molecule has 1 aliphatic heterocycles. The number of aliphatic hydroxyl groups excluding tert-OH is 1. The number of carbonyl (C=O) groups excluding carboxylic acids is 1. The molecule has 1 saturated heterocycles. The van der Waals surface area contributed by atoms with Crippen molar-refractivity contribution in [1.29, 1.82) is 0 Å². The fourth-order valence-corrected chi connectivity index (χ4v) is 2.51. The van der Waals surface area contributed by atoms with Gasteiger partial charge in [0.15, 0.2) is 0 Å². The molecule has 0 spiro atoms. The maximum absolute atomic E-state index is 12.6. The predicted octanol–water partition coefficient (Wildman–Crippen LogP) is 1.95. The first-order valence-corrected chi connectivity index (χ1v) is 6.55. The molecule has 1 atom stereocenters. The van der Waals surface area contributed by atoms with E-state index in [1.807, 2.05) is 44.2 Å². The predicted molar refractivity (Wildman–Crippen MR) is 71.3 cm³/mol. The summed E-state index contributed by atoms with van der Waals surface area (Å²) in [5.41, 5.74) is 0.494. The zero-order valence-electron chi connectivity index (χ0n) is 11.1. The van der Waals surface area contributed by atoms with Gasteiger partial charge < -0.3 is 10.0 Å². The van der Waals surface area contributed by atoms with E-state index in [1.165, 1.54) is 0 Å². The van der Waals surface area contributed by atoms with Gasteiger partial charge in [-0.25, -0.2) is 0 Å². The molecule has 1 N–H and O–H groups in total. The molecule has 0 aliphatic carbocycles. The molecule has 2 rings (SSSR count). The first-order valence-electron chi connectivity index (χ1n) is 6.55. The maximum Gasteiger partial charge on any atom is 0.232 e. The molecule has 0 unspecified atom stereocenters. The SMILES string of the molecule is CC(C)(C(=O)N1CCC[C@H](O)C1)c1ccccc1. The topological polar surface area (TPSA) is 40.5 Å². The van der Waals surface area contributed by atoms with Gasteiger partial charge in [-0.3, -0.25) is 4.79 Å². The molecule has 0 radical (unpaired) electrons. The van der Waals surface area contributed by atoms with E-state index in [9.17, 15) is 9.90 Å². The highest BCUT2D eigenvalue weighted by Crippen LogP contribution is 2.27. The second-order valence-electron chi connectivity index (χ2n) is 5.54. The Morgan fingerprint density at radius 2 is 2.00 bits per heavy atom. The van der Waals surface area contributed by atoms with Crippen LogP contribution in [-0.2, 0) is 10.2 Å². The summed E-state index contributed by atoms with van der Waals surface area (Å²) >= 11 is 0. The number of hydrogen-bond acceptors (Lipinski definition) is 2. The Labute approximate surface area is 108 Å². The Morgan fingerprint density at radius 1 is 1.33 bits per heavy atom. The van der Waals surface area contributed by atoms with Gasteiger partial charge in [-0.05, 0) is 32.3 Å². The van der Waals surface area contributed by atoms with Gasteiger partial charge in [0.25, 0.3) is 0 Å². The lowest BCUT2D eigenvalue weighted by molar-refractivity contribution is -0.139. The summed E-state index contributed by atoms with van der Waals surface area (Å²) in [5, 5.41) is 9.67. The number of hydrogen-bond donors (Lipinski definition) is 1. The van der Waals surface area contributed by atoms with E-state index in [-0.39, 0.29) is 12.0 Å². The van der Waals surface area contributed by atoms with Crippen LogP contribution >= 0.6 is 0 Å². The third kappa shape index (κ3) is 2.56. The number of nitrogens with zero attached hydrogens (tertiary/aromatic N) is 1. The second-order valence-corrected chi connectivity index (χ2v) is 5.54. The average molecular weight is 247 g/mol. The van der Waals surface area contributed by atoms with Crippen LogP contribution in [0.5, 0.6) is 0 Å². The van der Waals surface area contributed by atoms with Gasteiger partial charge >= 0.3 is 0 Å². The van der Waals surface area contributed by atoms with E-state index in [1.54, 1.807) is 4.90 Å². The van der Waals surface area contributed by atoms with Gasteiger partial charge in [-0.1, -0.05) is 30.3 Å². The first-order chi connectivity index (χ1) is 8.51. The molecule has 0 aromatic heterocycles. The van der Waals surface area contributed by atoms with Crippen LogP contribution in [0.15, 0.2) is 30.3 Å². The summed E-state index contributed by atoms with van der Waals surface area (Å²) in [4.78, 5) is 14.4. The van der Waals surface area contributed by atoms with Crippen LogP contribution in [0.3, 0.4) is 0 Å². The van der Waals surface area contributed by atoms with Crippen LogP contribution < -0.4 is 0 Å². The van der Waals surface area contributed by atoms with Crippen LogP contribution in [0.1, 0.15) is 32.3 Å². The van der Waals surface area contributed by atoms with E-state index in [4.69, 9.17) is 0 Å². The fraction of sp³-hybridized carbons (Fsp3) is 0.533. The Kier molecular flexibility index (Phi) is 3.71. The van der Waals surface area contributed by atoms with Gasteiger partial charge in [0.05, 0.1) is 11.5 Å². The van der Waals surface area contributed by atoms with Gasteiger partial charge in [0.2, 0.25) is 5.91 Å². The number of aliphatic hydroxyl groups is 1. The molecule has 3 nitrogen and oxygen atoms in total. The van der Waals surface area contributed by atoms with E-state index in [0.717, 1.165) is 24.9 Å². The second kappa shape index (κ2) is 5.11. The molecule has 1 amide bonds. The molecular weight excluding hydrogens is 226 g/mol. The molecule has 98 valence electrons. The van der Waals surface area contributed by atoms with Crippen LogP contribution in [0.25, 0.3) is 0 Å². The normalized spacial score (nSPS) is 20.8. The van der Waals surface area contributed by atoms with Crippen molar-refractivity contribution in [2.45, 2.75) is 38.2 Å². The van der Waals surface area contributed by atoms with Crippen molar-refractivity contribution in [3.8, 4) is 0 Å². The molecule has 1 fully saturated rings. The quantitative estimate of drug-likeness (QED) is 0.867. The summed E-state index contributed by atoms with van der Waals surface area (Å²) in [6.07, 6.45) is 1.32. The Balaban J connectivity index is 2.17. The molecule has 0 bridgehead atoms. The average Bonchev–Trinajstić information content (AvgIpc) is 2.39. The summed E-state index contributed by atoms with van der Waals surface area (Å²) in [6.45, 7) is 5.12. The van der Waals surface area contributed by atoms with Crippen LogP contribution in [0.2, 0.25) is 0 Å². The molecule has 3 heteroatoms. The zero-order chi connectivity index (χ0) is 13.2. The Bertz CT molecular complexity index is 414. The first kappa shape index (κ1) is 13.1. The number of rotatable bonds is 2. The molecule has 1 heterocycles. The van der Waals surface area contributed by atoms with Crippen molar-refractivity contribution in [3.05, 3.63) is 35.9 Å².